The Labute approximate surface area is 127 Å². The highest BCUT2D eigenvalue weighted by Crippen LogP contribution is 2.28. The molecule has 0 saturated carbocycles. The van der Waals surface area contributed by atoms with Gasteiger partial charge in [0, 0.05) is 10.6 Å². The molecule has 0 radical (unpaired) electrons. The summed E-state index contributed by atoms with van der Waals surface area (Å²) in [4.78, 5) is 11.5. The van der Waals surface area contributed by atoms with Crippen LogP contribution >= 0.6 is 11.6 Å². The number of rotatable bonds is 4. The van der Waals surface area contributed by atoms with Gasteiger partial charge in [0.15, 0.2) is 6.10 Å². The second-order valence-corrected chi connectivity index (χ2v) is 4.78. The third-order valence-electron chi connectivity index (χ3n) is 2.82. The summed E-state index contributed by atoms with van der Waals surface area (Å²) in [5.41, 5.74) is 0.622. The number of halogens is 1. The van der Waals surface area contributed by atoms with Gasteiger partial charge >= 0.3 is 5.97 Å². The Morgan fingerprint density at radius 3 is 2.62 bits per heavy atom. The minimum Gasteiger partial charge on any atom is -0.457 e. The lowest BCUT2D eigenvalue weighted by Gasteiger charge is -2.09. The summed E-state index contributed by atoms with van der Waals surface area (Å²) in [6, 6.07) is 12.3. The molecule has 0 N–H and O–H groups in total. The van der Waals surface area contributed by atoms with Gasteiger partial charge in [0.05, 0.1) is 0 Å². The third-order valence-corrected chi connectivity index (χ3v) is 3.07. The summed E-state index contributed by atoms with van der Waals surface area (Å²) in [7, 11) is 0. The minimum atomic E-state index is -0.755. The normalized spacial score (nSPS) is 11.5. The van der Waals surface area contributed by atoms with Gasteiger partial charge in [-0.1, -0.05) is 18.2 Å². The van der Waals surface area contributed by atoms with Crippen LogP contribution in [0.2, 0.25) is 5.02 Å². The molecule has 1 heterocycles. The van der Waals surface area contributed by atoms with Gasteiger partial charge in [-0.2, -0.15) is 5.26 Å². The van der Waals surface area contributed by atoms with Crippen molar-refractivity contribution in [3.05, 3.63) is 59.3 Å². The van der Waals surface area contributed by atoms with Gasteiger partial charge in [-0.3, -0.25) is 0 Å². The van der Waals surface area contributed by atoms with E-state index in [9.17, 15) is 4.79 Å². The van der Waals surface area contributed by atoms with E-state index in [0.29, 0.717) is 16.5 Å². The lowest BCUT2D eigenvalue weighted by atomic mass is 10.2. The molecule has 0 aliphatic carbocycles. The molecule has 2 rings (SSSR count). The predicted octanol–water partition coefficient (Wildman–Crippen LogP) is 4.28. The largest absolute Gasteiger partial charge is 0.457 e. The number of nitriles is 1. The van der Waals surface area contributed by atoms with Crippen molar-refractivity contribution >= 4 is 17.6 Å². The van der Waals surface area contributed by atoms with E-state index in [2.05, 4.69) is 6.58 Å². The van der Waals surface area contributed by atoms with E-state index >= 15 is 0 Å². The average Bonchev–Trinajstić information content (AvgIpc) is 2.97. The van der Waals surface area contributed by atoms with Crippen molar-refractivity contribution in [2.24, 2.45) is 0 Å². The van der Waals surface area contributed by atoms with E-state index < -0.39 is 12.1 Å². The maximum Gasteiger partial charge on any atom is 0.348 e. The van der Waals surface area contributed by atoms with Crippen LogP contribution in [0, 0.1) is 11.3 Å². The Morgan fingerprint density at radius 2 is 2.00 bits per heavy atom. The molecule has 0 fully saturated rings. The Balaban J connectivity index is 2.12. The molecule has 21 heavy (non-hydrogen) atoms. The zero-order valence-electron chi connectivity index (χ0n) is 11.3. The van der Waals surface area contributed by atoms with Crippen LogP contribution < -0.4 is 0 Å². The van der Waals surface area contributed by atoms with Crippen LogP contribution in [-0.2, 0) is 9.53 Å². The van der Waals surface area contributed by atoms with E-state index in [4.69, 9.17) is 26.0 Å². The number of benzene rings is 1. The number of esters is 1. The van der Waals surface area contributed by atoms with E-state index in [-0.39, 0.29) is 5.57 Å². The van der Waals surface area contributed by atoms with Crippen molar-refractivity contribution in [2.75, 3.05) is 0 Å². The summed E-state index contributed by atoms with van der Waals surface area (Å²) >= 11 is 5.83. The van der Waals surface area contributed by atoms with E-state index in [1.807, 2.05) is 12.1 Å². The Kier molecular flexibility index (Phi) is 4.46. The first-order valence-corrected chi connectivity index (χ1v) is 6.54. The molecule has 1 unspecified atom stereocenters. The standard InChI is InChI=1S/C16H12ClNO3/c1-10(9-18)16(19)20-11(2)14-7-8-15(21-14)12-3-5-13(17)6-4-12/h3-8,11H,1H2,2H3. The van der Waals surface area contributed by atoms with Crippen molar-refractivity contribution in [1.82, 2.24) is 0 Å². The maximum atomic E-state index is 11.5. The van der Waals surface area contributed by atoms with Crippen LogP contribution in [-0.4, -0.2) is 5.97 Å². The fourth-order valence-corrected chi connectivity index (χ4v) is 1.80. The van der Waals surface area contributed by atoms with Gasteiger partial charge in [-0.25, -0.2) is 4.79 Å². The van der Waals surface area contributed by atoms with Crippen LogP contribution in [0.5, 0.6) is 0 Å². The third kappa shape index (κ3) is 3.53. The predicted molar refractivity (Wildman–Crippen MR) is 78.4 cm³/mol. The molecular weight excluding hydrogens is 290 g/mol. The highest BCUT2D eigenvalue weighted by molar-refractivity contribution is 6.30. The molecule has 106 valence electrons. The molecule has 1 atom stereocenters. The van der Waals surface area contributed by atoms with Crippen LogP contribution in [0.4, 0.5) is 0 Å². The quantitative estimate of drug-likeness (QED) is 0.480. The molecule has 0 aliphatic heterocycles. The van der Waals surface area contributed by atoms with E-state index in [1.165, 1.54) is 0 Å². The molecular formula is C16H12ClNO3. The summed E-state index contributed by atoms with van der Waals surface area (Å²) in [5.74, 6) is 0.372. The fourth-order valence-electron chi connectivity index (χ4n) is 1.68. The lowest BCUT2D eigenvalue weighted by molar-refractivity contribution is -0.144. The van der Waals surface area contributed by atoms with Crippen LogP contribution in [0.25, 0.3) is 11.3 Å². The highest BCUT2D eigenvalue weighted by Gasteiger charge is 2.17. The van der Waals surface area contributed by atoms with E-state index in [0.717, 1.165) is 5.56 Å². The number of carbonyl (C=O) groups excluding carboxylic acids is 1. The topological polar surface area (TPSA) is 63.2 Å². The molecule has 2 aromatic rings. The number of carbonyl (C=O) groups is 1. The second-order valence-electron chi connectivity index (χ2n) is 4.35. The summed E-state index contributed by atoms with van der Waals surface area (Å²) in [6.07, 6.45) is -0.608. The van der Waals surface area contributed by atoms with Gasteiger partial charge in [0.25, 0.3) is 0 Å². The molecule has 0 aliphatic rings. The SMILES string of the molecule is C=C(C#N)C(=O)OC(C)c1ccc(-c2ccc(Cl)cc2)o1. The molecule has 1 aromatic heterocycles. The number of hydrogen-bond acceptors (Lipinski definition) is 4. The van der Waals surface area contributed by atoms with Gasteiger partial charge in [-0.15, -0.1) is 0 Å². The summed E-state index contributed by atoms with van der Waals surface area (Å²) in [6.45, 7) is 4.96. The minimum absolute atomic E-state index is 0.244. The van der Waals surface area contributed by atoms with Gasteiger partial charge in [0.2, 0.25) is 0 Å². The monoisotopic (exact) mass is 301 g/mol. The molecule has 0 amide bonds. The Hall–Kier alpha value is -2.51. The molecule has 1 aromatic carbocycles. The first-order chi connectivity index (χ1) is 10.0. The Morgan fingerprint density at radius 1 is 1.33 bits per heavy atom. The second kappa shape index (κ2) is 6.29. The fraction of sp³-hybridized carbons (Fsp3) is 0.125. The lowest BCUT2D eigenvalue weighted by Crippen LogP contribution is -2.09. The highest BCUT2D eigenvalue weighted by atomic mass is 35.5. The first-order valence-electron chi connectivity index (χ1n) is 6.17. The van der Waals surface area contributed by atoms with Crippen LogP contribution in [0.1, 0.15) is 18.8 Å². The zero-order valence-corrected chi connectivity index (χ0v) is 12.1. The van der Waals surface area contributed by atoms with Gasteiger partial charge < -0.3 is 9.15 Å². The van der Waals surface area contributed by atoms with Crippen molar-refractivity contribution in [3.63, 3.8) is 0 Å². The molecule has 0 spiro atoms. The number of hydrogen-bond donors (Lipinski definition) is 0. The Bertz CT molecular complexity index is 710. The molecule has 0 saturated heterocycles. The van der Waals surface area contributed by atoms with Gasteiger partial charge in [0.1, 0.15) is 23.2 Å². The number of ether oxygens (including phenoxy) is 1. The van der Waals surface area contributed by atoms with Gasteiger partial charge in [-0.05, 0) is 43.3 Å². The van der Waals surface area contributed by atoms with Crippen molar-refractivity contribution in [2.45, 2.75) is 13.0 Å². The summed E-state index contributed by atoms with van der Waals surface area (Å²) in [5, 5.41) is 9.22. The first kappa shape index (κ1) is 14.9. The van der Waals surface area contributed by atoms with Crippen molar-refractivity contribution in [1.29, 1.82) is 5.26 Å². The van der Waals surface area contributed by atoms with Crippen LogP contribution in [0.15, 0.2) is 53.0 Å². The number of nitrogens with zero attached hydrogens (tertiary/aromatic N) is 1. The molecule has 5 heteroatoms. The maximum absolute atomic E-state index is 11.5. The number of furan rings is 1. The molecule has 0 bridgehead atoms. The van der Waals surface area contributed by atoms with Crippen molar-refractivity contribution in [3.8, 4) is 17.4 Å². The smallest absolute Gasteiger partial charge is 0.348 e. The molecule has 4 nitrogen and oxygen atoms in total. The zero-order chi connectivity index (χ0) is 15.4. The average molecular weight is 302 g/mol. The van der Waals surface area contributed by atoms with E-state index in [1.54, 1.807) is 37.3 Å². The van der Waals surface area contributed by atoms with Crippen LogP contribution in [0.3, 0.4) is 0 Å². The van der Waals surface area contributed by atoms with Crippen molar-refractivity contribution < 1.29 is 13.9 Å². The summed E-state index contributed by atoms with van der Waals surface area (Å²) < 4.78 is 10.7.